The summed E-state index contributed by atoms with van der Waals surface area (Å²) in [5.41, 5.74) is 5.53. The average molecular weight is 411 g/mol. The minimum Gasteiger partial charge on any atom is -0.327 e. The molecule has 0 fully saturated rings. The van der Waals surface area contributed by atoms with Crippen LogP contribution >= 0.6 is 0 Å². The summed E-state index contributed by atoms with van der Waals surface area (Å²) in [5, 5.41) is 7.30. The second-order valence-corrected chi connectivity index (χ2v) is 7.56. The summed E-state index contributed by atoms with van der Waals surface area (Å²) < 4.78 is 3.72. The maximum Gasteiger partial charge on any atom is 0.252 e. The number of nitrogens with one attached hydrogen (secondary N) is 1. The fourth-order valence-corrected chi connectivity index (χ4v) is 3.74. The van der Waals surface area contributed by atoms with E-state index in [1.165, 1.54) is 0 Å². The third-order valence-electron chi connectivity index (χ3n) is 5.19. The highest BCUT2D eigenvalue weighted by Gasteiger charge is 2.13. The molecular weight excluding hydrogens is 390 g/mol. The second-order valence-electron chi connectivity index (χ2n) is 7.56. The van der Waals surface area contributed by atoms with Gasteiger partial charge in [0.15, 0.2) is 5.82 Å². The molecule has 0 unspecified atom stereocenters. The molecule has 1 amide bonds. The Morgan fingerprint density at radius 2 is 1.77 bits per heavy atom. The molecule has 154 valence electrons. The molecule has 5 rings (SSSR count). The average Bonchev–Trinajstić information content (AvgIpc) is 3.29. The molecular formula is C23H21N7O. The molecule has 8 heteroatoms. The van der Waals surface area contributed by atoms with Crippen molar-refractivity contribution >= 4 is 28.4 Å². The Balaban J connectivity index is 1.32. The fourth-order valence-electron chi connectivity index (χ4n) is 3.74. The Bertz CT molecular complexity index is 1430. The number of para-hydroxylation sites is 2. The van der Waals surface area contributed by atoms with Crippen LogP contribution < -0.4 is 5.32 Å². The molecule has 8 nitrogen and oxygen atoms in total. The van der Waals surface area contributed by atoms with Gasteiger partial charge in [0.05, 0.1) is 17.5 Å². The van der Waals surface area contributed by atoms with E-state index in [1.807, 2.05) is 75.5 Å². The van der Waals surface area contributed by atoms with Crippen LogP contribution in [0, 0.1) is 13.8 Å². The van der Waals surface area contributed by atoms with Crippen molar-refractivity contribution in [3.63, 3.8) is 0 Å². The number of carbonyl (C=O) groups is 1. The zero-order valence-corrected chi connectivity index (χ0v) is 17.5. The summed E-state index contributed by atoms with van der Waals surface area (Å²) in [6.45, 7) is 3.84. The Hall–Kier alpha value is -4.07. The predicted octanol–water partition coefficient (Wildman–Crippen LogP) is 3.48. The van der Waals surface area contributed by atoms with Crippen LogP contribution in [0.4, 0.5) is 5.69 Å². The lowest BCUT2D eigenvalue weighted by atomic mass is 10.2. The zero-order chi connectivity index (χ0) is 21.5. The molecule has 0 saturated carbocycles. The maximum absolute atomic E-state index is 12.5. The van der Waals surface area contributed by atoms with Crippen molar-refractivity contribution in [1.82, 2.24) is 29.1 Å². The zero-order valence-electron chi connectivity index (χ0n) is 17.5. The first-order valence-corrected chi connectivity index (χ1v) is 9.99. The van der Waals surface area contributed by atoms with Crippen LogP contribution in [0.3, 0.4) is 0 Å². The van der Waals surface area contributed by atoms with Crippen molar-refractivity contribution in [1.29, 1.82) is 0 Å². The van der Waals surface area contributed by atoms with E-state index < -0.39 is 0 Å². The van der Waals surface area contributed by atoms with Crippen LogP contribution in [0.5, 0.6) is 0 Å². The number of carbonyl (C=O) groups excluding carboxylic acids is 1. The van der Waals surface area contributed by atoms with Crippen LogP contribution in [0.25, 0.3) is 28.2 Å². The number of imidazole rings is 1. The van der Waals surface area contributed by atoms with E-state index in [-0.39, 0.29) is 12.3 Å². The molecule has 0 aliphatic heterocycles. The molecule has 0 radical (unpaired) electrons. The molecule has 0 saturated heterocycles. The number of hydrogen-bond donors (Lipinski definition) is 1. The maximum atomic E-state index is 12.5. The van der Waals surface area contributed by atoms with Gasteiger partial charge in [0.2, 0.25) is 5.91 Å². The van der Waals surface area contributed by atoms with E-state index >= 15 is 0 Å². The van der Waals surface area contributed by atoms with Crippen molar-refractivity contribution in [3.8, 4) is 11.4 Å². The van der Waals surface area contributed by atoms with E-state index in [4.69, 9.17) is 4.98 Å². The molecule has 31 heavy (non-hydrogen) atoms. The highest BCUT2D eigenvalue weighted by atomic mass is 16.1. The van der Waals surface area contributed by atoms with Crippen molar-refractivity contribution < 1.29 is 4.79 Å². The van der Waals surface area contributed by atoms with Gasteiger partial charge in [-0.15, -0.1) is 5.10 Å². The molecule has 0 aliphatic carbocycles. The summed E-state index contributed by atoms with van der Waals surface area (Å²) in [6.07, 6.45) is 0.0777. The van der Waals surface area contributed by atoms with Crippen LogP contribution in [0.1, 0.15) is 17.2 Å². The van der Waals surface area contributed by atoms with Crippen molar-refractivity contribution in [2.24, 2.45) is 7.05 Å². The third-order valence-corrected chi connectivity index (χ3v) is 5.19. The van der Waals surface area contributed by atoms with Gasteiger partial charge in [0, 0.05) is 29.7 Å². The van der Waals surface area contributed by atoms with Gasteiger partial charge < -0.3 is 9.88 Å². The number of hydrogen-bond acceptors (Lipinski definition) is 5. The van der Waals surface area contributed by atoms with Gasteiger partial charge in [-0.1, -0.05) is 12.1 Å². The second kappa shape index (κ2) is 7.32. The van der Waals surface area contributed by atoms with Crippen molar-refractivity contribution in [2.45, 2.75) is 20.3 Å². The van der Waals surface area contributed by atoms with Gasteiger partial charge in [-0.25, -0.2) is 14.5 Å². The largest absolute Gasteiger partial charge is 0.327 e. The summed E-state index contributed by atoms with van der Waals surface area (Å²) in [5.74, 6) is 1.65. The first-order chi connectivity index (χ1) is 15.0. The molecule has 5 aromatic rings. The molecule has 0 atom stereocenters. The third kappa shape index (κ3) is 3.52. The molecule has 3 heterocycles. The van der Waals surface area contributed by atoms with Crippen LogP contribution in [0.2, 0.25) is 0 Å². The number of fused-ring (bicyclic) bond motifs is 2. The van der Waals surface area contributed by atoms with Gasteiger partial charge in [-0.3, -0.25) is 4.79 Å². The van der Waals surface area contributed by atoms with E-state index in [0.717, 1.165) is 33.8 Å². The van der Waals surface area contributed by atoms with Crippen molar-refractivity contribution in [2.75, 3.05) is 5.32 Å². The molecule has 0 aliphatic rings. The van der Waals surface area contributed by atoms with Crippen LogP contribution in [0.15, 0.2) is 54.6 Å². The molecule has 2 aromatic carbocycles. The van der Waals surface area contributed by atoms with Crippen LogP contribution in [-0.4, -0.2) is 35.0 Å². The van der Waals surface area contributed by atoms with E-state index in [9.17, 15) is 4.79 Å². The normalized spacial score (nSPS) is 11.3. The molecule has 0 spiro atoms. The van der Waals surface area contributed by atoms with Gasteiger partial charge in [0.25, 0.3) is 5.78 Å². The van der Waals surface area contributed by atoms with Gasteiger partial charge in [-0.2, -0.15) is 4.98 Å². The fraction of sp³-hybridized carbons (Fsp3) is 0.174. The Labute approximate surface area is 178 Å². The summed E-state index contributed by atoms with van der Waals surface area (Å²) in [7, 11) is 2.00. The molecule has 0 bridgehead atoms. The lowest BCUT2D eigenvalue weighted by Crippen LogP contribution is -2.15. The Kier molecular flexibility index (Phi) is 4.47. The summed E-state index contributed by atoms with van der Waals surface area (Å²) in [4.78, 5) is 25.9. The number of benzene rings is 2. The first-order valence-electron chi connectivity index (χ1n) is 9.99. The summed E-state index contributed by atoms with van der Waals surface area (Å²) in [6, 6.07) is 17.6. The highest BCUT2D eigenvalue weighted by molar-refractivity contribution is 5.92. The number of nitrogens with zero attached hydrogens (tertiary/aromatic N) is 6. The van der Waals surface area contributed by atoms with Gasteiger partial charge in [-0.05, 0) is 56.3 Å². The van der Waals surface area contributed by atoms with E-state index in [2.05, 4.69) is 25.0 Å². The highest BCUT2D eigenvalue weighted by Crippen LogP contribution is 2.24. The predicted molar refractivity (Wildman–Crippen MR) is 119 cm³/mol. The minimum atomic E-state index is -0.180. The molecule has 3 aromatic heterocycles. The van der Waals surface area contributed by atoms with Gasteiger partial charge >= 0.3 is 0 Å². The Morgan fingerprint density at radius 1 is 1.00 bits per heavy atom. The number of aryl methyl sites for hydroxylation is 3. The number of amides is 1. The van der Waals surface area contributed by atoms with Gasteiger partial charge in [0.1, 0.15) is 5.82 Å². The lowest BCUT2D eigenvalue weighted by molar-refractivity contribution is -0.115. The van der Waals surface area contributed by atoms with E-state index in [1.54, 1.807) is 4.52 Å². The topological polar surface area (TPSA) is 90.0 Å². The smallest absolute Gasteiger partial charge is 0.252 e. The van der Waals surface area contributed by atoms with E-state index in [0.29, 0.717) is 17.3 Å². The SMILES string of the molecule is Cc1cc(C)n2nc(CC(=O)Nc3ccc(-c4nc5ccccc5n4C)cc3)nc2n1. The lowest BCUT2D eigenvalue weighted by Gasteiger charge is -2.06. The monoisotopic (exact) mass is 411 g/mol. The number of aromatic nitrogens is 6. The summed E-state index contributed by atoms with van der Waals surface area (Å²) >= 11 is 0. The van der Waals surface area contributed by atoms with Crippen molar-refractivity contribution in [3.05, 3.63) is 71.8 Å². The quantitative estimate of drug-likeness (QED) is 0.489. The molecule has 1 N–H and O–H groups in total. The minimum absolute atomic E-state index is 0.0777. The van der Waals surface area contributed by atoms with Crippen LogP contribution in [-0.2, 0) is 18.3 Å². The Morgan fingerprint density at radius 3 is 2.55 bits per heavy atom. The first kappa shape index (κ1) is 18.9. The number of anilines is 1. The standard InChI is InChI=1S/C23H21N7O/c1-14-12-15(2)30-23(24-14)27-20(28-30)13-21(31)25-17-10-8-16(9-11-17)22-26-18-6-4-5-7-19(18)29(22)3/h4-12H,13H2,1-3H3,(H,25,31). The number of rotatable bonds is 4.